The number of hydrogen-bond acceptors (Lipinski definition) is 7. The number of carbonyl (C=O) groups is 1. The number of nitrogens with one attached hydrogen (secondary N) is 3. The molecule has 0 saturated carbocycles. The molecule has 0 aromatic heterocycles. The van der Waals surface area contributed by atoms with Gasteiger partial charge in [-0.15, -0.1) is 0 Å². The molecule has 0 spiro atoms. The van der Waals surface area contributed by atoms with Crippen molar-refractivity contribution < 1.29 is 9.90 Å². The summed E-state index contributed by atoms with van der Waals surface area (Å²) in [4.78, 5) is 10.6. The zero-order valence-corrected chi connectivity index (χ0v) is 11.7. The van der Waals surface area contributed by atoms with Crippen molar-refractivity contribution in [3.05, 3.63) is 0 Å². The maximum atomic E-state index is 10.6. The third kappa shape index (κ3) is 6.39. The largest absolute Gasteiger partial charge is 0.480 e. The highest BCUT2D eigenvalue weighted by molar-refractivity contribution is 7.97. The van der Waals surface area contributed by atoms with Crippen molar-refractivity contribution in [3.63, 3.8) is 0 Å². The molecule has 4 N–H and O–H groups in total. The monoisotopic (exact) mass is 268 g/mol. The number of carboxylic acids is 1. The molecule has 1 atom stereocenters. The first-order chi connectivity index (χ1) is 7.31. The van der Waals surface area contributed by atoms with Crippen LogP contribution < -0.4 is 16.2 Å². The molecule has 0 radical (unpaired) electrons. The van der Waals surface area contributed by atoms with E-state index in [1.54, 1.807) is 10.0 Å². The van der Waals surface area contributed by atoms with Crippen LogP contribution in [-0.2, 0) is 16.6 Å². The van der Waals surface area contributed by atoms with E-state index in [2.05, 4.69) is 16.2 Å². The van der Waals surface area contributed by atoms with Crippen molar-refractivity contribution in [2.75, 3.05) is 34.7 Å². The first-order valence-corrected chi connectivity index (χ1v) is 6.71. The molecular formula is C7H19N5O2PS+. The van der Waals surface area contributed by atoms with Gasteiger partial charge in [-0.05, 0) is 0 Å². The Labute approximate surface area is 102 Å². The predicted molar refractivity (Wildman–Crippen MR) is 67.7 cm³/mol. The number of aliphatic carboxylic acids is 1. The zero-order chi connectivity index (χ0) is 12.8. The Kier molecular flexibility index (Phi) is 7.09. The smallest absolute Gasteiger partial charge is 0.325 e. The van der Waals surface area contributed by atoms with Crippen LogP contribution in [0.1, 0.15) is 0 Å². The average Bonchev–Trinajstić information content (AvgIpc) is 2.12. The standard InChI is InChI=1S/C7H18N5O2PS/c1-11(2)9-7(15-16,10-12(3)4)8-5-6(13)14/h8-10H,5H2,1-4H3,(H,13,14)/p+1. The number of rotatable bonds is 8. The Hall–Kier alpha value is -0.210. The van der Waals surface area contributed by atoms with Gasteiger partial charge in [0.25, 0.3) is 0 Å². The number of hydrogen-bond donors (Lipinski definition) is 4. The molecule has 0 rings (SSSR count). The van der Waals surface area contributed by atoms with Gasteiger partial charge in [-0.3, -0.25) is 4.79 Å². The van der Waals surface area contributed by atoms with E-state index in [0.29, 0.717) is 0 Å². The van der Waals surface area contributed by atoms with Crippen molar-refractivity contribution >= 4 is 25.1 Å². The fourth-order valence-corrected chi connectivity index (χ4v) is 2.25. The summed E-state index contributed by atoms with van der Waals surface area (Å²) in [7, 11) is 7.25. The molecule has 0 aliphatic carbocycles. The lowest BCUT2D eigenvalue weighted by Crippen LogP contribution is -2.68. The second kappa shape index (κ2) is 7.18. The lowest BCUT2D eigenvalue weighted by atomic mass is 10.6. The normalized spacial score (nSPS) is 12.6. The quantitative estimate of drug-likeness (QED) is 0.242. The molecule has 0 aliphatic heterocycles. The van der Waals surface area contributed by atoms with Crippen LogP contribution in [0.4, 0.5) is 0 Å². The third-order valence-corrected chi connectivity index (χ3v) is 3.07. The highest BCUT2D eigenvalue weighted by atomic mass is 32.4. The van der Waals surface area contributed by atoms with E-state index in [-0.39, 0.29) is 13.9 Å². The molecular weight excluding hydrogens is 249 g/mol. The second-order valence-corrected chi connectivity index (χ2v) is 5.18. The van der Waals surface area contributed by atoms with Crippen LogP contribution in [0.3, 0.4) is 0 Å². The van der Waals surface area contributed by atoms with E-state index >= 15 is 0 Å². The van der Waals surface area contributed by atoms with Crippen molar-refractivity contribution in [3.8, 4) is 0 Å². The summed E-state index contributed by atoms with van der Waals surface area (Å²) < 4.78 is 0. The molecule has 1 unspecified atom stereocenters. The molecule has 0 aromatic carbocycles. The topological polar surface area (TPSA) is 79.9 Å². The Morgan fingerprint density at radius 3 is 2.00 bits per heavy atom. The van der Waals surface area contributed by atoms with Crippen molar-refractivity contribution in [1.29, 1.82) is 0 Å². The van der Waals surface area contributed by atoms with Gasteiger partial charge in [0.2, 0.25) is 7.36 Å². The summed E-state index contributed by atoms with van der Waals surface area (Å²) in [6.07, 6.45) is 0. The van der Waals surface area contributed by atoms with Crippen molar-refractivity contribution in [2.45, 2.75) is 5.53 Å². The molecule has 16 heavy (non-hydrogen) atoms. The van der Waals surface area contributed by atoms with Gasteiger partial charge in [0, 0.05) is 28.2 Å². The molecule has 0 fully saturated rings. The SMILES string of the molecule is CN(C)NC(NCC(=O)O)(NN(C)C)[PH+]=S. The van der Waals surface area contributed by atoms with E-state index in [9.17, 15) is 4.79 Å². The van der Waals surface area contributed by atoms with E-state index in [1.165, 1.54) is 0 Å². The number of nitrogens with zero attached hydrogens (tertiary/aromatic N) is 2. The Balaban J connectivity index is 4.65. The zero-order valence-electron chi connectivity index (χ0n) is 9.87. The first kappa shape index (κ1) is 15.8. The first-order valence-electron chi connectivity index (χ1n) is 4.58. The summed E-state index contributed by atoms with van der Waals surface area (Å²) in [5.74, 6) is -0.932. The molecule has 9 heteroatoms. The maximum Gasteiger partial charge on any atom is 0.325 e. The van der Waals surface area contributed by atoms with Crippen LogP contribution in [0, 0.1) is 0 Å². The average molecular weight is 268 g/mol. The van der Waals surface area contributed by atoms with Gasteiger partial charge in [-0.25, -0.2) is 15.3 Å². The number of hydrazine groups is 2. The lowest BCUT2D eigenvalue weighted by molar-refractivity contribution is -0.136. The van der Waals surface area contributed by atoms with E-state index in [4.69, 9.17) is 16.9 Å². The summed E-state index contributed by atoms with van der Waals surface area (Å²) in [6.45, 7) is -0.175. The van der Waals surface area contributed by atoms with Crippen molar-refractivity contribution in [1.82, 2.24) is 26.2 Å². The molecule has 0 heterocycles. The van der Waals surface area contributed by atoms with Crippen LogP contribution in [-0.4, -0.2) is 61.4 Å². The Bertz CT molecular complexity index is 241. The fraction of sp³-hybridized carbons (Fsp3) is 0.857. The molecule has 7 nitrogen and oxygen atoms in total. The van der Waals surface area contributed by atoms with Gasteiger partial charge in [0.1, 0.15) is 6.54 Å². The van der Waals surface area contributed by atoms with E-state index in [1.807, 2.05) is 28.2 Å². The molecule has 0 bridgehead atoms. The summed E-state index contributed by atoms with van der Waals surface area (Å²) in [5.41, 5.74) is 5.27. The summed E-state index contributed by atoms with van der Waals surface area (Å²) in [6, 6.07) is 0. The minimum atomic E-state index is -0.932. The van der Waals surface area contributed by atoms with Gasteiger partial charge in [0.15, 0.2) is 11.8 Å². The van der Waals surface area contributed by atoms with Crippen molar-refractivity contribution in [2.24, 2.45) is 0 Å². The van der Waals surface area contributed by atoms with Gasteiger partial charge in [-0.1, -0.05) is 0 Å². The minimum Gasteiger partial charge on any atom is -0.480 e. The molecule has 94 valence electrons. The second-order valence-electron chi connectivity index (χ2n) is 3.61. The molecule has 0 saturated heterocycles. The third-order valence-electron chi connectivity index (χ3n) is 1.44. The lowest BCUT2D eigenvalue weighted by Gasteiger charge is -2.31. The van der Waals surface area contributed by atoms with Crippen LogP contribution in [0.25, 0.3) is 0 Å². The van der Waals surface area contributed by atoms with Gasteiger partial charge in [-0.2, -0.15) is 10.9 Å². The molecule has 0 aliphatic rings. The van der Waals surface area contributed by atoms with Gasteiger partial charge < -0.3 is 5.11 Å². The summed E-state index contributed by atoms with van der Waals surface area (Å²) >= 11 is 5.07. The highest BCUT2D eigenvalue weighted by Gasteiger charge is 2.37. The number of carboxylic acid groups (broad SMARTS) is 1. The molecule has 0 amide bonds. The van der Waals surface area contributed by atoms with Crippen LogP contribution in [0.2, 0.25) is 0 Å². The van der Waals surface area contributed by atoms with E-state index in [0.717, 1.165) is 0 Å². The minimum absolute atomic E-state index is 0.00762. The predicted octanol–water partition coefficient (Wildman–Crippen LogP) is -1.46. The van der Waals surface area contributed by atoms with Crippen LogP contribution in [0.5, 0.6) is 0 Å². The highest BCUT2D eigenvalue weighted by Crippen LogP contribution is 2.13. The molecule has 0 aromatic rings. The van der Waals surface area contributed by atoms with Gasteiger partial charge in [0.05, 0.1) is 0 Å². The Morgan fingerprint density at radius 1 is 1.31 bits per heavy atom. The summed E-state index contributed by atoms with van der Waals surface area (Å²) in [5, 5.41) is 14.9. The maximum absolute atomic E-state index is 10.6. The van der Waals surface area contributed by atoms with Gasteiger partial charge >= 0.3 is 11.5 Å². The van der Waals surface area contributed by atoms with E-state index < -0.39 is 11.5 Å². The van der Waals surface area contributed by atoms with Crippen LogP contribution >= 0.6 is 7.36 Å². The van der Waals surface area contributed by atoms with Crippen LogP contribution in [0.15, 0.2) is 0 Å². The fourth-order valence-electron chi connectivity index (χ4n) is 1.06. The Morgan fingerprint density at radius 2 is 1.75 bits per heavy atom.